The van der Waals surface area contributed by atoms with Crippen LogP contribution in [0.4, 0.5) is 0 Å². The molecule has 0 aliphatic rings. The Morgan fingerprint density at radius 1 is 0.474 bits per heavy atom. The van der Waals surface area contributed by atoms with Gasteiger partial charge in [-0.1, -0.05) is 145 Å². The molecule has 3 heterocycles. The molecular weight excluding hydrogens is 707 g/mol. The molecule has 0 radical (unpaired) electrons. The summed E-state index contributed by atoms with van der Waals surface area (Å²) in [5, 5.41) is 3.10. The molecule has 324 valence electrons. The number of pyridine rings is 2. The van der Waals surface area contributed by atoms with Crippen molar-refractivity contribution in [1.82, 2.24) is 25.3 Å². The van der Waals surface area contributed by atoms with Crippen LogP contribution in [0.5, 0.6) is 17.8 Å². The molecule has 0 bridgehead atoms. The molecule has 8 heteroatoms. The summed E-state index contributed by atoms with van der Waals surface area (Å²) in [7, 11) is 5.24. The van der Waals surface area contributed by atoms with Gasteiger partial charge in [-0.2, -0.15) is 9.97 Å². The summed E-state index contributed by atoms with van der Waals surface area (Å²) in [5.41, 5.74) is 11.6. The summed E-state index contributed by atoms with van der Waals surface area (Å²) in [6.07, 6.45) is 0. The maximum Gasteiger partial charge on any atom is 0.316 e. The van der Waals surface area contributed by atoms with Crippen LogP contribution in [0.15, 0.2) is 12.1 Å². The van der Waals surface area contributed by atoms with Crippen molar-refractivity contribution in [3.63, 3.8) is 0 Å². The standard InChI is InChI=1S/C18H32N2O.C16H27NO.C15H26N2O/c1-12(2)14-11-15(21-10-9-19-8)20-17(13(3)4)16(14)18(5,6)7;1-10(2)12-9-13(18-8)17-15(11(3)4)14(12)16(5,6)7;1-9(2)12-11(15(5,6)7)13(10(3)4)17-14(16-12)18-8/h11-13,19H,9-10H2,1-8H3;9-11H,1-8H3;9-10H,1-8H3. The SMILES string of the molecule is CNCCOc1cc(C(C)C)c(C(C)(C)C)c(C(C)C)n1.COc1cc(C(C)C)c(C(C)(C)C)c(C(C)C)n1.COc1nc(C(C)C)c(C(C)(C)C)c(C(C)C)n1. The first-order chi connectivity index (χ1) is 26.0. The van der Waals surface area contributed by atoms with Gasteiger partial charge in [-0.15, -0.1) is 0 Å². The second-order valence-electron chi connectivity index (χ2n) is 20.3. The van der Waals surface area contributed by atoms with E-state index in [9.17, 15) is 0 Å². The highest BCUT2D eigenvalue weighted by Gasteiger charge is 2.29. The quantitative estimate of drug-likeness (QED) is 0.181. The van der Waals surface area contributed by atoms with Gasteiger partial charge in [0.2, 0.25) is 11.8 Å². The van der Waals surface area contributed by atoms with Gasteiger partial charge in [-0.3, -0.25) is 0 Å². The fourth-order valence-electron chi connectivity index (χ4n) is 7.11. The third-order valence-corrected chi connectivity index (χ3v) is 9.73. The molecule has 0 fully saturated rings. The van der Waals surface area contributed by atoms with E-state index in [4.69, 9.17) is 19.2 Å². The average Bonchev–Trinajstić information content (AvgIpc) is 3.09. The topological polar surface area (TPSA) is 91.3 Å². The Kier molecular flexibility index (Phi) is 19.7. The van der Waals surface area contributed by atoms with Crippen molar-refractivity contribution in [3.8, 4) is 17.8 Å². The molecule has 0 aliphatic heterocycles. The fraction of sp³-hybridized carbons (Fsp3) is 0.714. The van der Waals surface area contributed by atoms with Gasteiger partial charge in [0.15, 0.2) is 0 Å². The normalized spacial score (nSPS) is 12.3. The summed E-state index contributed by atoms with van der Waals surface area (Å²) < 4.78 is 16.4. The minimum Gasteiger partial charge on any atom is -0.481 e. The number of hydrogen-bond donors (Lipinski definition) is 1. The lowest BCUT2D eigenvalue weighted by atomic mass is 9.78. The van der Waals surface area contributed by atoms with Crippen molar-refractivity contribution < 1.29 is 14.2 Å². The second kappa shape index (κ2) is 21.7. The molecular formula is C49H85N5O3. The van der Waals surface area contributed by atoms with Crippen molar-refractivity contribution in [2.24, 2.45) is 0 Å². The number of methoxy groups -OCH3 is 2. The van der Waals surface area contributed by atoms with E-state index in [2.05, 4.69) is 178 Å². The number of ether oxygens (including phenoxy) is 3. The summed E-state index contributed by atoms with van der Waals surface area (Å²) in [5.74, 6) is 3.97. The second-order valence-corrected chi connectivity index (χ2v) is 20.3. The van der Waals surface area contributed by atoms with E-state index in [-0.39, 0.29) is 16.2 Å². The van der Waals surface area contributed by atoms with E-state index in [1.807, 2.05) is 7.05 Å². The zero-order valence-electron chi connectivity index (χ0n) is 41.0. The highest BCUT2D eigenvalue weighted by Crippen LogP contribution is 2.39. The first-order valence-corrected chi connectivity index (χ1v) is 21.4. The predicted molar refractivity (Wildman–Crippen MR) is 244 cm³/mol. The molecule has 0 amide bonds. The molecule has 8 nitrogen and oxygen atoms in total. The highest BCUT2D eigenvalue weighted by molar-refractivity contribution is 5.44. The number of hydrogen-bond acceptors (Lipinski definition) is 8. The molecule has 0 aromatic carbocycles. The van der Waals surface area contributed by atoms with Crippen molar-refractivity contribution >= 4 is 0 Å². The largest absolute Gasteiger partial charge is 0.481 e. The van der Waals surface area contributed by atoms with E-state index in [1.54, 1.807) is 14.2 Å². The number of likely N-dealkylation sites (N-methyl/N-ethyl adjacent to an activating group) is 1. The maximum atomic E-state index is 5.82. The zero-order chi connectivity index (χ0) is 44.4. The Bertz CT molecular complexity index is 1520. The first kappa shape index (κ1) is 51.8. The summed E-state index contributed by atoms with van der Waals surface area (Å²) >= 11 is 0. The van der Waals surface area contributed by atoms with Crippen LogP contribution < -0.4 is 19.5 Å². The molecule has 3 rings (SSSR count). The Balaban J connectivity index is 0.000000429. The number of nitrogens with one attached hydrogen (secondary N) is 1. The smallest absolute Gasteiger partial charge is 0.316 e. The van der Waals surface area contributed by atoms with Gasteiger partial charge in [0.25, 0.3) is 0 Å². The molecule has 57 heavy (non-hydrogen) atoms. The van der Waals surface area contributed by atoms with Gasteiger partial charge in [0.1, 0.15) is 6.61 Å². The molecule has 0 aliphatic carbocycles. The van der Waals surface area contributed by atoms with Crippen LogP contribution in [0.2, 0.25) is 0 Å². The molecule has 3 aromatic rings. The lowest BCUT2D eigenvalue weighted by molar-refractivity contribution is 0.304. The lowest BCUT2D eigenvalue weighted by Gasteiger charge is -2.29. The third-order valence-electron chi connectivity index (χ3n) is 9.73. The number of nitrogens with zero attached hydrogens (tertiary/aromatic N) is 4. The van der Waals surface area contributed by atoms with Gasteiger partial charge in [-0.05, 0) is 81.1 Å². The van der Waals surface area contributed by atoms with E-state index in [0.29, 0.717) is 48.1 Å². The third kappa shape index (κ3) is 14.8. The van der Waals surface area contributed by atoms with E-state index >= 15 is 0 Å². The van der Waals surface area contributed by atoms with Crippen molar-refractivity contribution in [1.29, 1.82) is 0 Å². The average molecular weight is 792 g/mol. The van der Waals surface area contributed by atoms with Crippen LogP contribution in [-0.4, -0.2) is 54.4 Å². The minimum atomic E-state index is 0.0471. The van der Waals surface area contributed by atoms with Crippen LogP contribution in [0.3, 0.4) is 0 Å². The van der Waals surface area contributed by atoms with Gasteiger partial charge in [0, 0.05) is 24.2 Å². The molecule has 0 spiro atoms. The van der Waals surface area contributed by atoms with Gasteiger partial charge in [0.05, 0.1) is 37.0 Å². The Hall–Kier alpha value is -3.26. The zero-order valence-corrected chi connectivity index (χ0v) is 41.0. The highest BCUT2D eigenvalue weighted by atomic mass is 16.5. The molecule has 0 unspecified atom stereocenters. The van der Waals surface area contributed by atoms with Gasteiger partial charge < -0.3 is 19.5 Å². The maximum absolute atomic E-state index is 5.82. The van der Waals surface area contributed by atoms with Gasteiger partial charge in [-0.25, -0.2) is 9.97 Å². The summed E-state index contributed by atoms with van der Waals surface area (Å²) in [6, 6.07) is 4.71. The molecule has 1 N–H and O–H groups in total. The number of rotatable bonds is 12. The molecule has 0 saturated carbocycles. The monoisotopic (exact) mass is 792 g/mol. The summed E-state index contributed by atoms with van der Waals surface area (Å²) in [6.45, 7) is 48.1. The van der Waals surface area contributed by atoms with Crippen LogP contribution in [-0.2, 0) is 16.2 Å². The Morgan fingerprint density at radius 2 is 0.807 bits per heavy atom. The Morgan fingerprint density at radius 3 is 1.09 bits per heavy atom. The Labute approximate surface area is 350 Å². The molecule has 0 saturated heterocycles. The van der Waals surface area contributed by atoms with Crippen LogP contribution in [0.1, 0.15) is 231 Å². The minimum absolute atomic E-state index is 0.0471. The molecule has 0 atom stereocenters. The first-order valence-electron chi connectivity index (χ1n) is 21.4. The van der Waals surface area contributed by atoms with Crippen LogP contribution in [0.25, 0.3) is 0 Å². The van der Waals surface area contributed by atoms with E-state index in [0.717, 1.165) is 29.7 Å². The summed E-state index contributed by atoms with van der Waals surface area (Å²) in [4.78, 5) is 18.6. The fourth-order valence-corrected chi connectivity index (χ4v) is 7.11. The lowest BCUT2D eigenvalue weighted by Crippen LogP contribution is -2.21. The predicted octanol–water partition coefficient (Wildman–Crippen LogP) is 12.9. The van der Waals surface area contributed by atoms with Crippen molar-refractivity contribution in [2.45, 2.75) is 197 Å². The van der Waals surface area contributed by atoms with E-state index < -0.39 is 0 Å². The van der Waals surface area contributed by atoms with Crippen molar-refractivity contribution in [3.05, 3.63) is 62.7 Å². The van der Waals surface area contributed by atoms with Gasteiger partial charge >= 0.3 is 6.01 Å². The van der Waals surface area contributed by atoms with Crippen LogP contribution >= 0.6 is 0 Å². The van der Waals surface area contributed by atoms with E-state index in [1.165, 1.54) is 39.2 Å². The van der Waals surface area contributed by atoms with Crippen LogP contribution in [0, 0.1) is 0 Å². The molecule has 3 aromatic heterocycles. The number of aromatic nitrogens is 4. The van der Waals surface area contributed by atoms with Crippen molar-refractivity contribution in [2.75, 3.05) is 34.4 Å².